The maximum atomic E-state index is 10.9. The van der Waals surface area contributed by atoms with Crippen molar-refractivity contribution in [2.45, 2.75) is 39.5 Å². The molecule has 0 aliphatic heterocycles. The highest BCUT2D eigenvalue weighted by Gasteiger charge is 2.25. The van der Waals surface area contributed by atoms with Crippen molar-refractivity contribution in [3.8, 4) is 5.75 Å². The molecule has 0 saturated carbocycles. The molecule has 0 heterocycles. The smallest absolute Gasteiger partial charge is 0.304 e. The Morgan fingerprint density at radius 2 is 1.76 bits per heavy atom. The van der Waals surface area contributed by atoms with E-state index in [9.17, 15) is 4.79 Å². The van der Waals surface area contributed by atoms with Gasteiger partial charge in [-0.3, -0.25) is 4.79 Å². The van der Waals surface area contributed by atoms with Crippen LogP contribution in [0.5, 0.6) is 5.75 Å². The summed E-state index contributed by atoms with van der Waals surface area (Å²) in [6, 6.07) is 4.02. The lowest BCUT2D eigenvalue weighted by atomic mass is 9.80. The van der Waals surface area contributed by atoms with E-state index < -0.39 is 5.97 Å². The van der Waals surface area contributed by atoms with Gasteiger partial charge in [0.25, 0.3) is 0 Å². The van der Waals surface area contributed by atoms with Crippen LogP contribution >= 0.6 is 0 Å². The highest BCUT2D eigenvalue weighted by Crippen LogP contribution is 2.33. The van der Waals surface area contributed by atoms with Crippen LogP contribution in [0.15, 0.2) is 12.1 Å². The van der Waals surface area contributed by atoms with Crippen molar-refractivity contribution < 1.29 is 14.6 Å². The Kier molecular flexibility index (Phi) is 3.81. The summed E-state index contributed by atoms with van der Waals surface area (Å²) in [5.74, 6) is 0.0981. The number of aliphatic carboxylic acids is 1. The average molecular weight is 236 g/mol. The molecule has 1 aromatic carbocycles. The lowest BCUT2D eigenvalue weighted by molar-refractivity contribution is -0.138. The van der Waals surface area contributed by atoms with Gasteiger partial charge in [0.1, 0.15) is 5.75 Å². The van der Waals surface area contributed by atoms with E-state index in [1.54, 1.807) is 7.11 Å². The summed E-state index contributed by atoms with van der Waals surface area (Å²) < 4.78 is 5.31. The number of hydrogen-bond donors (Lipinski definition) is 1. The first-order valence-corrected chi connectivity index (χ1v) is 5.65. The summed E-state index contributed by atoms with van der Waals surface area (Å²) >= 11 is 0. The van der Waals surface area contributed by atoms with Gasteiger partial charge in [-0.25, -0.2) is 0 Å². The first kappa shape index (κ1) is 13.6. The van der Waals surface area contributed by atoms with Gasteiger partial charge in [0, 0.05) is 5.41 Å². The zero-order chi connectivity index (χ0) is 13.2. The normalized spacial score (nSPS) is 11.4. The predicted molar refractivity (Wildman–Crippen MR) is 67.7 cm³/mol. The molecule has 3 nitrogen and oxygen atoms in total. The average Bonchev–Trinajstić information content (AvgIpc) is 2.14. The van der Waals surface area contributed by atoms with Gasteiger partial charge < -0.3 is 9.84 Å². The molecule has 0 aliphatic rings. The van der Waals surface area contributed by atoms with E-state index in [2.05, 4.69) is 0 Å². The van der Waals surface area contributed by atoms with Gasteiger partial charge in [-0.2, -0.15) is 0 Å². The number of ether oxygens (including phenoxy) is 1. The molecule has 1 N–H and O–H groups in total. The number of benzene rings is 1. The van der Waals surface area contributed by atoms with E-state index in [0.29, 0.717) is 0 Å². The van der Waals surface area contributed by atoms with E-state index >= 15 is 0 Å². The summed E-state index contributed by atoms with van der Waals surface area (Å²) in [4.78, 5) is 10.9. The van der Waals surface area contributed by atoms with Crippen LogP contribution in [-0.2, 0) is 10.2 Å². The molecule has 17 heavy (non-hydrogen) atoms. The van der Waals surface area contributed by atoms with Gasteiger partial charge in [0.2, 0.25) is 0 Å². The molecular weight excluding hydrogens is 216 g/mol. The first-order chi connectivity index (χ1) is 7.77. The Morgan fingerprint density at radius 3 is 2.12 bits per heavy atom. The van der Waals surface area contributed by atoms with Crippen LogP contribution in [0, 0.1) is 13.8 Å². The molecule has 1 rings (SSSR count). The van der Waals surface area contributed by atoms with Crippen molar-refractivity contribution in [2.24, 2.45) is 0 Å². The quantitative estimate of drug-likeness (QED) is 0.874. The van der Waals surface area contributed by atoms with Crippen LogP contribution < -0.4 is 4.74 Å². The Balaban J connectivity index is 3.20. The molecule has 0 fully saturated rings. The summed E-state index contributed by atoms with van der Waals surface area (Å²) in [5, 5.41) is 8.93. The van der Waals surface area contributed by atoms with Crippen molar-refractivity contribution in [3.63, 3.8) is 0 Å². The zero-order valence-corrected chi connectivity index (χ0v) is 11.1. The summed E-state index contributed by atoms with van der Waals surface area (Å²) in [5.41, 5.74) is 2.76. The summed E-state index contributed by atoms with van der Waals surface area (Å²) in [6.07, 6.45) is 0.123. The third kappa shape index (κ3) is 2.99. The van der Waals surface area contributed by atoms with E-state index in [4.69, 9.17) is 9.84 Å². The molecule has 0 unspecified atom stereocenters. The molecule has 0 aromatic heterocycles. The predicted octanol–water partition coefficient (Wildman–Crippen LogP) is 3.06. The van der Waals surface area contributed by atoms with Crippen molar-refractivity contribution in [1.29, 1.82) is 0 Å². The lowest BCUT2D eigenvalue weighted by Crippen LogP contribution is -2.22. The van der Waals surface area contributed by atoms with Crippen LogP contribution in [0.4, 0.5) is 0 Å². The van der Waals surface area contributed by atoms with Crippen LogP contribution in [-0.4, -0.2) is 18.2 Å². The van der Waals surface area contributed by atoms with Gasteiger partial charge in [0.15, 0.2) is 0 Å². The Hall–Kier alpha value is -1.51. The summed E-state index contributed by atoms with van der Waals surface area (Å²) in [6.45, 7) is 7.85. The van der Waals surface area contributed by atoms with Crippen molar-refractivity contribution >= 4 is 5.97 Å². The Labute approximate surface area is 102 Å². The lowest BCUT2D eigenvalue weighted by Gasteiger charge is -2.25. The Morgan fingerprint density at radius 1 is 1.29 bits per heavy atom. The molecule has 0 radical (unpaired) electrons. The van der Waals surface area contributed by atoms with Crippen molar-refractivity contribution in [3.05, 3.63) is 28.8 Å². The minimum Gasteiger partial charge on any atom is -0.496 e. The molecule has 1 aromatic rings. The Bertz CT molecular complexity index is 410. The topological polar surface area (TPSA) is 46.5 Å². The number of carboxylic acids is 1. The fourth-order valence-corrected chi connectivity index (χ4v) is 2.14. The van der Waals surface area contributed by atoms with Crippen LogP contribution in [0.2, 0.25) is 0 Å². The molecule has 0 amide bonds. The number of methoxy groups -OCH3 is 1. The minimum absolute atomic E-state index is 0.123. The second-order valence-electron chi connectivity index (χ2n) is 5.10. The van der Waals surface area contributed by atoms with Crippen LogP contribution in [0.25, 0.3) is 0 Å². The van der Waals surface area contributed by atoms with Crippen LogP contribution in [0.1, 0.15) is 37.0 Å². The highest BCUT2D eigenvalue weighted by atomic mass is 16.5. The monoisotopic (exact) mass is 236 g/mol. The number of carboxylic acid groups (broad SMARTS) is 1. The third-order valence-corrected chi connectivity index (χ3v) is 3.04. The maximum Gasteiger partial charge on any atom is 0.304 e. The number of carbonyl (C=O) groups is 1. The molecular formula is C14H20O3. The minimum atomic E-state index is -0.777. The first-order valence-electron chi connectivity index (χ1n) is 5.65. The molecule has 3 heteroatoms. The fourth-order valence-electron chi connectivity index (χ4n) is 2.14. The van der Waals surface area contributed by atoms with E-state index in [0.717, 1.165) is 22.4 Å². The molecule has 0 bridgehead atoms. The second kappa shape index (κ2) is 4.78. The molecule has 0 saturated heterocycles. The SMILES string of the molecule is COc1c(C)cc(C(C)(C)CC(=O)O)cc1C. The van der Waals surface area contributed by atoms with E-state index in [-0.39, 0.29) is 11.8 Å². The largest absolute Gasteiger partial charge is 0.496 e. The molecule has 0 atom stereocenters. The van der Waals surface area contributed by atoms with Crippen LogP contribution in [0.3, 0.4) is 0 Å². The van der Waals surface area contributed by atoms with Gasteiger partial charge in [-0.15, -0.1) is 0 Å². The fraction of sp³-hybridized carbons (Fsp3) is 0.500. The van der Waals surface area contributed by atoms with E-state index in [1.165, 1.54) is 0 Å². The molecule has 0 aliphatic carbocycles. The number of rotatable bonds is 4. The standard InChI is InChI=1S/C14H20O3/c1-9-6-11(7-10(2)13(9)17-5)14(3,4)8-12(15)16/h6-7H,8H2,1-5H3,(H,15,16). The number of aryl methyl sites for hydroxylation is 2. The van der Waals surface area contributed by atoms with E-state index in [1.807, 2.05) is 39.8 Å². The summed E-state index contributed by atoms with van der Waals surface area (Å²) in [7, 11) is 1.65. The van der Waals surface area contributed by atoms with Crippen molar-refractivity contribution in [2.75, 3.05) is 7.11 Å². The van der Waals surface area contributed by atoms with Gasteiger partial charge in [0.05, 0.1) is 13.5 Å². The maximum absolute atomic E-state index is 10.9. The molecule has 0 spiro atoms. The van der Waals surface area contributed by atoms with Crippen molar-refractivity contribution in [1.82, 2.24) is 0 Å². The third-order valence-electron chi connectivity index (χ3n) is 3.04. The van der Waals surface area contributed by atoms with Gasteiger partial charge in [-0.1, -0.05) is 26.0 Å². The number of hydrogen-bond acceptors (Lipinski definition) is 2. The van der Waals surface area contributed by atoms with Gasteiger partial charge in [-0.05, 0) is 30.5 Å². The zero-order valence-electron chi connectivity index (χ0n) is 11.1. The second-order valence-corrected chi connectivity index (χ2v) is 5.10. The molecule has 94 valence electrons. The van der Waals surface area contributed by atoms with Gasteiger partial charge >= 0.3 is 5.97 Å². The highest BCUT2D eigenvalue weighted by molar-refractivity contribution is 5.69.